The Morgan fingerprint density at radius 3 is 2.51 bits per heavy atom. The van der Waals surface area contributed by atoms with Crippen molar-refractivity contribution in [3.05, 3.63) is 51.9 Å². The molecule has 41 heavy (non-hydrogen) atoms. The summed E-state index contributed by atoms with van der Waals surface area (Å²) < 4.78 is 39.3. The number of anilines is 1. The Bertz CT molecular complexity index is 1810. The van der Waals surface area contributed by atoms with E-state index in [1.165, 1.54) is 31.3 Å². The molecule has 4 aromatic rings. The third-order valence-electron chi connectivity index (χ3n) is 8.68. The topological polar surface area (TPSA) is 92.5 Å². The summed E-state index contributed by atoms with van der Waals surface area (Å²) in [7, 11) is 1.46. The van der Waals surface area contributed by atoms with E-state index in [1.807, 2.05) is 4.90 Å². The molecule has 2 atom stereocenters. The van der Waals surface area contributed by atoms with Gasteiger partial charge in [-0.25, -0.2) is 18.6 Å². The number of nitrogens with zero attached hydrogens (tertiary/aromatic N) is 4. The van der Waals surface area contributed by atoms with Crippen LogP contribution < -0.4 is 20.6 Å². The van der Waals surface area contributed by atoms with Gasteiger partial charge in [0.05, 0.1) is 11.1 Å². The van der Waals surface area contributed by atoms with Crippen molar-refractivity contribution >= 4 is 27.5 Å². The summed E-state index contributed by atoms with van der Waals surface area (Å²) in [5, 5.41) is 15.1. The minimum absolute atomic E-state index is 0.0148. The highest BCUT2D eigenvalue weighted by molar-refractivity contribution is 6.04. The summed E-state index contributed by atoms with van der Waals surface area (Å²) in [6.45, 7) is 1.25. The zero-order valence-electron chi connectivity index (χ0n) is 22.6. The molecule has 2 saturated heterocycles. The van der Waals surface area contributed by atoms with Crippen LogP contribution in [0.2, 0.25) is 0 Å². The molecule has 3 fully saturated rings. The van der Waals surface area contributed by atoms with Crippen molar-refractivity contribution in [2.45, 2.75) is 56.7 Å². The average Bonchev–Trinajstić information content (AvgIpc) is 3.59. The van der Waals surface area contributed by atoms with E-state index < -0.39 is 17.3 Å². The maximum atomic E-state index is 16.8. The summed E-state index contributed by atoms with van der Waals surface area (Å²) in [4.78, 5) is 24.4. The summed E-state index contributed by atoms with van der Waals surface area (Å²) >= 11 is 0. The fourth-order valence-corrected chi connectivity index (χ4v) is 6.74. The molecule has 1 saturated carbocycles. The first-order chi connectivity index (χ1) is 19.8. The molecule has 2 N–H and O–H groups in total. The van der Waals surface area contributed by atoms with Crippen molar-refractivity contribution in [1.82, 2.24) is 19.9 Å². The van der Waals surface area contributed by atoms with E-state index in [2.05, 4.69) is 16.2 Å². The first-order valence-corrected chi connectivity index (χ1v) is 14.0. The fraction of sp³-hybridized carbons (Fsp3) is 0.387. The molecule has 0 radical (unpaired) electrons. The summed E-state index contributed by atoms with van der Waals surface area (Å²) in [5.74, 6) is 1.25. The molecule has 2 bridgehead atoms. The van der Waals surface area contributed by atoms with Crippen LogP contribution in [-0.4, -0.2) is 50.9 Å². The Morgan fingerprint density at radius 1 is 1.07 bits per heavy atom. The Labute approximate surface area is 235 Å². The minimum atomic E-state index is -0.806. The predicted octanol–water partition coefficient (Wildman–Crippen LogP) is 4.38. The van der Waals surface area contributed by atoms with Crippen LogP contribution in [0.1, 0.15) is 44.1 Å². The monoisotopic (exact) mass is 557 g/mol. The van der Waals surface area contributed by atoms with Gasteiger partial charge in [-0.15, -0.1) is 6.42 Å². The Hall–Kier alpha value is -4.23. The molecule has 3 aliphatic rings. The number of ether oxygens (including phenoxy) is 1. The van der Waals surface area contributed by atoms with Gasteiger partial charge < -0.3 is 20.1 Å². The van der Waals surface area contributed by atoms with Crippen molar-refractivity contribution in [3.8, 4) is 35.2 Å². The highest BCUT2D eigenvalue weighted by atomic mass is 19.1. The number of terminal acetylenes is 1. The first-order valence-electron chi connectivity index (χ1n) is 14.0. The van der Waals surface area contributed by atoms with Crippen LogP contribution in [0.25, 0.3) is 32.9 Å². The van der Waals surface area contributed by atoms with Crippen LogP contribution >= 0.6 is 0 Å². The van der Waals surface area contributed by atoms with Crippen LogP contribution in [0, 0.1) is 24.0 Å². The van der Waals surface area contributed by atoms with Gasteiger partial charge in [-0.05, 0) is 62.1 Å². The molecule has 2 unspecified atom stereocenters. The van der Waals surface area contributed by atoms with Gasteiger partial charge in [-0.2, -0.15) is 4.98 Å². The lowest BCUT2D eigenvalue weighted by molar-refractivity contribution is 0.204. The van der Waals surface area contributed by atoms with Crippen molar-refractivity contribution in [2.24, 2.45) is 7.05 Å². The van der Waals surface area contributed by atoms with Crippen LogP contribution in [0.3, 0.4) is 0 Å². The molecule has 4 heterocycles. The quantitative estimate of drug-likeness (QED) is 0.360. The number of fused-ring (bicyclic) bond motifs is 4. The highest BCUT2D eigenvalue weighted by Crippen LogP contribution is 2.42. The number of phenolic OH excluding ortho intramolecular Hbond substituents is 1. The second kappa shape index (κ2) is 9.70. The van der Waals surface area contributed by atoms with Crippen molar-refractivity contribution in [1.29, 1.82) is 0 Å². The Morgan fingerprint density at radius 2 is 1.80 bits per heavy atom. The molecule has 2 aromatic heterocycles. The van der Waals surface area contributed by atoms with Gasteiger partial charge in [-0.1, -0.05) is 12.0 Å². The molecule has 210 valence electrons. The van der Waals surface area contributed by atoms with Gasteiger partial charge >= 0.3 is 5.69 Å². The maximum Gasteiger partial charge on any atom is 0.349 e. The Balaban J connectivity index is 1.55. The van der Waals surface area contributed by atoms with Crippen LogP contribution in [0.5, 0.6) is 11.6 Å². The summed E-state index contributed by atoms with van der Waals surface area (Å²) in [6.07, 6.45) is 11.2. The van der Waals surface area contributed by atoms with Crippen LogP contribution in [0.4, 0.5) is 14.6 Å². The van der Waals surface area contributed by atoms with E-state index in [9.17, 15) is 14.3 Å². The fourth-order valence-electron chi connectivity index (χ4n) is 6.74. The van der Waals surface area contributed by atoms with Gasteiger partial charge in [0.2, 0.25) is 5.88 Å². The molecule has 1 aliphatic carbocycles. The van der Waals surface area contributed by atoms with E-state index in [4.69, 9.17) is 16.1 Å². The van der Waals surface area contributed by atoms with E-state index in [-0.39, 0.29) is 57.5 Å². The lowest BCUT2D eigenvalue weighted by Crippen LogP contribution is -2.52. The number of benzene rings is 2. The molecule has 7 rings (SSSR count). The number of rotatable bonds is 4. The lowest BCUT2D eigenvalue weighted by Gasteiger charge is -2.34. The first kappa shape index (κ1) is 25.7. The number of aromatic hydroxyl groups is 1. The number of pyridine rings is 1. The van der Waals surface area contributed by atoms with Crippen LogP contribution in [0.15, 0.2) is 29.1 Å². The molecular formula is C31H29F2N5O3. The standard InChI is InChI=1S/C31H29F2N5O3/c1-3-21-23(32)11-8-16-12-19(39)13-22(24(16)21)27-26(33)28-25(30(35-27)41-20-6-4-5-7-20)29(36-31(40)37(28)2)38-14-17-9-10-18(15-38)34-17/h1,8,11-13,17-18,20,34,39H,4-7,9-10,14-15H2,2H3. The lowest BCUT2D eigenvalue weighted by atomic mass is 9.95. The SMILES string of the molecule is C#Cc1c(F)ccc2cc(O)cc(-c3nc(OC4CCCC4)c4c(N5CC6CCC(C5)N6)nc(=O)n(C)c4c3F)c12. The number of aryl methyl sites for hydroxylation is 1. The zero-order chi connectivity index (χ0) is 28.4. The van der Waals surface area contributed by atoms with Gasteiger partial charge in [0.15, 0.2) is 5.82 Å². The van der Waals surface area contributed by atoms with Gasteiger partial charge in [0.1, 0.15) is 34.6 Å². The second-order valence-electron chi connectivity index (χ2n) is 11.3. The van der Waals surface area contributed by atoms with Crippen molar-refractivity contribution < 1.29 is 18.6 Å². The van der Waals surface area contributed by atoms with Gasteiger partial charge in [-0.3, -0.25) is 4.57 Å². The third-order valence-corrected chi connectivity index (χ3v) is 8.68. The number of halogens is 2. The molecule has 8 nitrogen and oxygen atoms in total. The van der Waals surface area contributed by atoms with Crippen LogP contribution in [-0.2, 0) is 7.05 Å². The van der Waals surface area contributed by atoms with Gasteiger partial charge in [0.25, 0.3) is 0 Å². The zero-order valence-corrected chi connectivity index (χ0v) is 22.6. The predicted molar refractivity (Wildman–Crippen MR) is 152 cm³/mol. The molecule has 10 heteroatoms. The number of piperazine rings is 1. The Kier molecular flexibility index (Phi) is 6.08. The number of hydrogen-bond donors (Lipinski definition) is 2. The maximum absolute atomic E-state index is 16.8. The van der Waals surface area contributed by atoms with E-state index in [0.717, 1.165) is 43.1 Å². The largest absolute Gasteiger partial charge is 0.508 e. The number of aromatic nitrogens is 3. The molecule has 2 aromatic carbocycles. The smallest absolute Gasteiger partial charge is 0.349 e. The number of nitrogens with one attached hydrogen (secondary N) is 1. The minimum Gasteiger partial charge on any atom is -0.508 e. The van der Waals surface area contributed by atoms with E-state index in [0.29, 0.717) is 29.7 Å². The van der Waals surface area contributed by atoms with Gasteiger partial charge in [0, 0.05) is 43.2 Å². The van der Waals surface area contributed by atoms with E-state index >= 15 is 4.39 Å². The molecular weight excluding hydrogens is 528 g/mol. The number of hydrogen-bond acceptors (Lipinski definition) is 7. The highest BCUT2D eigenvalue weighted by Gasteiger charge is 2.36. The third kappa shape index (κ3) is 4.18. The molecule has 0 spiro atoms. The second-order valence-corrected chi connectivity index (χ2v) is 11.3. The summed E-state index contributed by atoms with van der Waals surface area (Å²) in [5.41, 5.74) is -0.788. The average molecular weight is 558 g/mol. The summed E-state index contributed by atoms with van der Waals surface area (Å²) in [6, 6.07) is 5.93. The normalized spacial score (nSPS) is 20.7. The molecule has 2 aliphatic heterocycles. The number of phenols is 1. The van der Waals surface area contributed by atoms with Crippen molar-refractivity contribution in [3.63, 3.8) is 0 Å². The van der Waals surface area contributed by atoms with Crippen molar-refractivity contribution in [2.75, 3.05) is 18.0 Å². The van der Waals surface area contributed by atoms with E-state index in [1.54, 1.807) is 0 Å². The molecule has 0 amide bonds.